The number of nitrogens with zero attached hydrogens (tertiary/aromatic N) is 2. The van der Waals surface area contributed by atoms with Crippen LogP contribution in [0.2, 0.25) is 0 Å². The number of hydrogen-bond acceptors (Lipinski definition) is 4. The molecule has 2 fully saturated rings. The fourth-order valence-corrected chi connectivity index (χ4v) is 2.62. The Balaban J connectivity index is 2.07. The van der Waals surface area contributed by atoms with Crippen LogP contribution < -0.4 is 5.73 Å². The van der Waals surface area contributed by atoms with E-state index in [4.69, 9.17) is 15.7 Å². The lowest BCUT2D eigenvalue weighted by molar-refractivity contribution is -0.0344. The molecule has 0 aromatic heterocycles. The van der Waals surface area contributed by atoms with Crippen LogP contribution in [0.3, 0.4) is 0 Å². The third kappa shape index (κ3) is 1.52. The second-order valence-electron chi connectivity index (χ2n) is 4.27. The monoisotopic (exact) mass is 195 g/mol. The maximum atomic E-state index is 8.80. The summed E-state index contributed by atoms with van der Waals surface area (Å²) in [5.41, 5.74) is 5.76. The average molecular weight is 195 g/mol. The van der Waals surface area contributed by atoms with Crippen LogP contribution >= 0.6 is 0 Å². The van der Waals surface area contributed by atoms with Gasteiger partial charge in [0.25, 0.3) is 0 Å². The molecule has 4 atom stereocenters. The Kier molecular flexibility index (Phi) is 2.73. The summed E-state index contributed by atoms with van der Waals surface area (Å²) in [6.07, 6.45) is 2.38. The van der Waals surface area contributed by atoms with Gasteiger partial charge in [-0.15, -0.1) is 0 Å². The van der Waals surface area contributed by atoms with Crippen LogP contribution in [0.5, 0.6) is 0 Å². The van der Waals surface area contributed by atoms with Crippen molar-refractivity contribution in [2.24, 2.45) is 5.73 Å². The highest BCUT2D eigenvalue weighted by Gasteiger charge is 2.41. The maximum Gasteiger partial charge on any atom is 0.108 e. The van der Waals surface area contributed by atoms with Crippen molar-refractivity contribution in [1.82, 2.24) is 4.90 Å². The number of nitrogens with two attached hydrogens (primary N) is 1. The lowest BCUT2D eigenvalue weighted by Crippen LogP contribution is -2.55. The summed E-state index contributed by atoms with van der Waals surface area (Å²) in [5.74, 6) is 0. The van der Waals surface area contributed by atoms with Crippen molar-refractivity contribution >= 4 is 0 Å². The van der Waals surface area contributed by atoms with Crippen molar-refractivity contribution in [2.45, 2.75) is 43.9 Å². The van der Waals surface area contributed by atoms with Crippen LogP contribution in [-0.4, -0.2) is 42.3 Å². The van der Waals surface area contributed by atoms with Gasteiger partial charge >= 0.3 is 0 Å². The van der Waals surface area contributed by atoms with Gasteiger partial charge < -0.3 is 10.5 Å². The first-order valence-electron chi connectivity index (χ1n) is 5.24. The van der Waals surface area contributed by atoms with Gasteiger partial charge in [0, 0.05) is 18.1 Å². The van der Waals surface area contributed by atoms with Crippen LogP contribution in [0, 0.1) is 11.3 Å². The summed E-state index contributed by atoms with van der Waals surface area (Å²) < 4.78 is 5.48. The van der Waals surface area contributed by atoms with E-state index in [0.29, 0.717) is 12.1 Å². The minimum absolute atomic E-state index is 0.154. The Bertz CT molecular complexity index is 234. The highest BCUT2D eigenvalue weighted by molar-refractivity contribution is 5.02. The minimum Gasteiger partial charge on any atom is -0.378 e. The van der Waals surface area contributed by atoms with Gasteiger partial charge in [0.1, 0.15) is 6.04 Å². The van der Waals surface area contributed by atoms with E-state index in [1.165, 1.54) is 12.8 Å². The topological polar surface area (TPSA) is 62.3 Å². The predicted octanol–water partition coefficient (Wildman–Crippen LogP) is 0.0890. The average Bonchev–Trinajstić information content (AvgIpc) is 2.46. The molecule has 0 amide bonds. The van der Waals surface area contributed by atoms with Crippen LogP contribution in [0.15, 0.2) is 0 Å². The Morgan fingerprint density at radius 3 is 2.50 bits per heavy atom. The molecular weight excluding hydrogens is 178 g/mol. The van der Waals surface area contributed by atoms with E-state index in [-0.39, 0.29) is 12.1 Å². The fraction of sp³-hybridized carbons (Fsp3) is 0.900. The number of morpholine rings is 1. The van der Waals surface area contributed by atoms with E-state index in [1.54, 1.807) is 0 Å². The lowest BCUT2D eigenvalue weighted by atomic mass is 10.1. The normalized spacial score (nSPS) is 36.4. The van der Waals surface area contributed by atoms with E-state index in [2.05, 4.69) is 11.0 Å². The summed E-state index contributed by atoms with van der Waals surface area (Å²) in [6.45, 7) is 3.66. The molecule has 2 rings (SSSR count). The van der Waals surface area contributed by atoms with Gasteiger partial charge in [-0.05, 0) is 19.8 Å². The van der Waals surface area contributed by atoms with E-state index in [9.17, 15) is 0 Å². The molecule has 0 aromatic carbocycles. The smallest absolute Gasteiger partial charge is 0.108 e. The molecule has 0 aliphatic carbocycles. The van der Waals surface area contributed by atoms with Crippen molar-refractivity contribution in [3.8, 4) is 6.07 Å². The predicted molar refractivity (Wildman–Crippen MR) is 52.5 cm³/mol. The Labute approximate surface area is 84.6 Å². The molecule has 2 N–H and O–H groups in total. The van der Waals surface area contributed by atoms with E-state index >= 15 is 0 Å². The van der Waals surface area contributed by atoms with Crippen LogP contribution in [0.4, 0.5) is 0 Å². The molecule has 14 heavy (non-hydrogen) atoms. The standard InChI is InChI=1S/C10H17N3O/c1-7(10(12)4-11)13-8-2-3-9(13)6-14-5-8/h7-10H,2-3,5-6,12H2,1H3. The van der Waals surface area contributed by atoms with Gasteiger partial charge in [-0.1, -0.05) is 0 Å². The zero-order chi connectivity index (χ0) is 10.1. The third-order valence-corrected chi connectivity index (χ3v) is 3.44. The first-order chi connectivity index (χ1) is 6.74. The molecule has 4 heteroatoms. The zero-order valence-corrected chi connectivity index (χ0v) is 8.52. The molecule has 0 saturated carbocycles. The highest BCUT2D eigenvalue weighted by atomic mass is 16.5. The molecule has 0 radical (unpaired) electrons. The summed E-state index contributed by atoms with van der Waals surface area (Å²) in [4.78, 5) is 2.39. The van der Waals surface area contributed by atoms with Crippen molar-refractivity contribution in [1.29, 1.82) is 5.26 Å². The van der Waals surface area contributed by atoms with Crippen molar-refractivity contribution in [3.63, 3.8) is 0 Å². The number of fused-ring (bicyclic) bond motifs is 2. The minimum atomic E-state index is -0.379. The van der Waals surface area contributed by atoms with Gasteiger partial charge in [-0.25, -0.2) is 0 Å². The molecule has 0 aromatic rings. The maximum absolute atomic E-state index is 8.80. The van der Waals surface area contributed by atoms with Crippen LogP contribution in [0.25, 0.3) is 0 Å². The molecule has 4 nitrogen and oxygen atoms in total. The summed E-state index contributed by atoms with van der Waals surface area (Å²) in [5, 5.41) is 8.80. The quantitative estimate of drug-likeness (QED) is 0.678. The van der Waals surface area contributed by atoms with Gasteiger partial charge in [0.05, 0.1) is 19.3 Å². The highest BCUT2D eigenvalue weighted by Crippen LogP contribution is 2.31. The van der Waals surface area contributed by atoms with Gasteiger partial charge in [-0.3, -0.25) is 4.90 Å². The molecule has 2 heterocycles. The fourth-order valence-electron chi connectivity index (χ4n) is 2.62. The Morgan fingerprint density at radius 2 is 2.00 bits per heavy atom. The van der Waals surface area contributed by atoms with Crippen molar-refractivity contribution in [2.75, 3.05) is 13.2 Å². The zero-order valence-electron chi connectivity index (χ0n) is 8.52. The summed E-state index contributed by atoms with van der Waals surface area (Å²) in [6, 6.07) is 2.88. The lowest BCUT2D eigenvalue weighted by Gasteiger charge is -2.39. The molecule has 0 spiro atoms. The Morgan fingerprint density at radius 1 is 1.43 bits per heavy atom. The van der Waals surface area contributed by atoms with Gasteiger partial charge in [-0.2, -0.15) is 5.26 Å². The van der Waals surface area contributed by atoms with Crippen LogP contribution in [0.1, 0.15) is 19.8 Å². The third-order valence-electron chi connectivity index (χ3n) is 3.44. The van der Waals surface area contributed by atoms with Gasteiger partial charge in [0.15, 0.2) is 0 Å². The van der Waals surface area contributed by atoms with E-state index < -0.39 is 0 Å². The molecule has 2 bridgehead atoms. The summed E-state index contributed by atoms with van der Waals surface area (Å²) in [7, 11) is 0. The van der Waals surface area contributed by atoms with Crippen molar-refractivity contribution in [3.05, 3.63) is 0 Å². The second-order valence-corrected chi connectivity index (χ2v) is 4.27. The van der Waals surface area contributed by atoms with Gasteiger partial charge in [0.2, 0.25) is 0 Å². The largest absolute Gasteiger partial charge is 0.378 e. The molecular formula is C10H17N3O. The second kappa shape index (κ2) is 3.85. The SMILES string of the molecule is CC(C(N)C#N)N1C2CCC1COC2. The number of ether oxygens (including phenoxy) is 1. The van der Waals surface area contributed by atoms with Crippen molar-refractivity contribution < 1.29 is 4.74 Å². The molecule has 2 aliphatic heterocycles. The first-order valence-corrected chi connectivity index (χ1v) is 5.24. The van der Waals surface area contributed by atoms with E-state index in [0.717, 1.165) is 13.2 Å². The molecule has 4 unspecified atom stereocenters. The number of hydrogen-bond donors (Lipinski definition) is 1. The molecule has 2 aliphatic rings. The number of nitriles is 1. The number of rotatable bonds is 2. The molecule has 78 valence electrons. The Hall–Kier alpha value is -0.630. The van der Waals surface area contributed by atoms with Crippen LogP contribution in [-0.2, 0) is 4.74 Å². The van der Waals surface area contributed by atoms with E-state index in [1.807, 2.05) is 6.92 Å². The first kappa shape index (κ1) is 9.91. The molecule has 2 saturated heterocycles. The summed E-state index contributed by atoms with van der Waals surface area (Å²) >= 11 is 0.